The molecular weight excluding hydrogens is 287 g/mol. The van der Waals surface area contributed by atoms with Gasteiger partial charge >= 0.3 is 0 Å². The molecule has 0 aliphatic heterocycles. The highest BCUT2D eigenvalue weighted by molar-refractivity contribution is 6.06. The third kappa shape index (κ3) is 4.16. The van der Waals surface area contributed by atoms with Crippen molar-refractivity contribution in [3.63, 3.8) is 0 Å². The van der Waals surface area contributed by atoms with Crippen molar-refractivity contribution < 1.29 is 9.18 Å². The minimum Gasteiger partial charge on any atom is -0.289 e. The Bertz CT molecular complexity index is 694. The van der Waals surface area contributed by atoms with Gasteiger partial charge in [-0.2, -0.15) is 0 Å². The van der Waals surface area contributed by atoms with E-state index >= 15 is 0 Å². The van der Waals surface area contributed by atoms with E-state index in [1.807, 2.05) is 12.1 Å². The first-order chi connectivity index (χ1) is 11.2. The molecule has 2 heteroatoms. The number of allylic oxidation sites excluding steroid dienone is 1. The topological polar surface area (TPSA) is 17.1 Å². The molecule has 0 saturated heterocycles. The summed E-state index contributed by atoms with van der Waals surface area (Å²) in [5, 5.41) is 0. The molecule has 0 unspecified atom stereocenters. The Balaban J connectivity index is 1.67. The van der Waals surface area contributed by atoms with E-state index in [9.17, 15) is 9.18 Å². The van der Waals surface area contributed by atoms with Crippen LogP contribution in [0.25, 0.3) is 6.08 Å². The van der Waals surface area contributed by atoms with Gasteiger partial charge in [-0.15, -0.1) is 0 Å². The molecule has 0 atom stereocenters. The maximum absolute atomic E-state index is 13.1. The normalized spacial score (nSPS) is 15.9. The van der Waals surface area contributed by atoms with Crippen molar-refractivity contribution in [1.29, 1.82) is 0 Å². The molecule has 3 rings (SSSR count). The average molecular weight is 308 g/mol. The zero-order chi connectivity index (χ0) is 16.1. The zero-order valence-corrected chi connectivity index (χ0v) is 13.2. The summed E-state index contributed by atoms with van der Waals surface area (Å²) in [5.41, 5.74) is 2.71. The molecule has 2 aromatic rings. The molecule has 0 bridgehead atoms. The van der Waals surface area contributed by atoms with E-state index in [1.54, 1.807) is 18.2 Å². The molecule has 1 aliphatic carbocycles. The molecule has 0 spiro atoms. The van der Waals surface area contributed by atoms with Gasteiger partial charge in [-0.3, -0.25) is 4.79 Å². The smallest absolute Gasteiger partial charge is 0.185 e. The summed E-state index contributed by atoms with van der Waals surface area (Å²) in [4.78, 5) is 12.2. The van der Waals surface area contributed by atoms with Gasteiger partial charge < -0.3 is 0 Å². The fraction of sp³-hybridized carbons (Fsp3) is 0.286. The largest absolute Gasteiger partial charge is 0.289 e. The van der Waals surface area contributed by atoms with Gasteiger partial charge in [-0.05, 0) is 48.1 Å². The fourth-order valence-corrected chi connectivity index (χ4v) is 3.23. The van der Waals surface area contributed by atoms with Crippen LogP contribution in [-0.4, -0.2) is 5.78 Å². The number of halogens is 1. The Morgan fingerprint density at radius 3 is 2.43 bits per heavy atom. The second-order valence-electron chi connectivity index (χ2n) is 6.21. The van der Waals surface area contributed by atoms with Crippen LogP contribution < -0.4 is 0 Å². The van der Waals surface area contributed by atoms with Gasteiger partial charge in [0.05, 0.1) is 0 Å². The van der Waals surface area contributed by atoms with Crippen LogP contribution in [0.3, 0.4) is 0 Å². The van der Waals surface area contributed by atoms with Crippen LogP contribution in [0.15, 0.2) is 54.6 Å². The number of rotatable bonds is 4. The molecule has 118 valence electrons. The second-order valence-corrected chi connectivity index (χ2v) is 6.21. The molecule has 2 aromatic carbocycles. The Hall–Kier alpha value is -2.22. The maximum atomic E-state index is 13.1. The minimum atomic E-state index is -0.295. The van der Waals surface area contributed by atoms with Crippen molar-refractivity contribution in [3.8, 4) is 0 Å². The van der Waals surface area contributed by atoms with Gasteiger partial charge in [0.15, 0.2) is 5.78 Å². The minimum absolute atomic E-state index is 0.0514. The summed E-state index contributed by atoms with van der Waals surface area (Å²) in [6.07, 6.45) is 9.63. The lowest BCUT2D eigenvalue weighted by Crippen LogP contribution is -2.05. The monoisotopic (exact) mass is 308 g/mol. The number of hydrogen-bond donors (Lipinski definition) is 0. The number of carbonyl (C=O) groups is 1. The third-order valence-electron chi connectivity index (χ3n) is 4.55. The van der Waals surface area contributed by atoms with E-state index < -0.39 is 0 Å². The molecule has 1 fully saturated rings. The number of benzene rings is 2. The van der Waals surface area contributed by atoms with Gasteiger partial charge in [-0.1, -0.05) is 61.7 Å². The van der Waals surface area contributed by atoms with Crippen molar-refractivity contribution >= 4 is 11.9 Å². The van der Waals surface area contributed by atoms with Crippen LogP contribution >= 0.6 is 0 Å². The SMILES string of the molecule is O=C(/C=C/c1cccc(F)c1)c1ccc(C2CCCCC2)cc1. The Labute approximate surface area is 136 Å². The summed E-state index contributed by atoms with van der Waals surface area (Å²) in [7, 11) is 0. The van der Waals surface area contributed by atoms with E-state index in [4.69, 9.17) is 0 Å². The second kappa shape index (κ2) is 7.36. The first-order valence-electron chi connectivity index (χ1n) is 8.30. The van der Waals surface area contributed by atoms with E-state index in [-0.39, 0.29) is 11.6 Å². The molecular formula is C21H21FO. The highest BCUT2D eigenvalue weighted by atomic mass is 19.1. The van der Waals surface area contributed by atoms with Crippen molar-refractivity contribution in [1.82, 2.24) is 0 Å². The molecule has 1 nitrogen and oxygen atoms in total. The van der Waals surface area contributed by atoms with Gasteiger partial charge in [0.25, 0.3) is 0 Å². The molecule has 1 saturated carbocycles. The van der Waals surface area contributed by atoms with Crippen molar-refractivity contribution in [3.05, 3.63) is 77.1 Å². The Morgan fingerprint density at radius 2 is 1.74 bits per heavy atom. The van der Waals surface area contributed by atoms with Gasteiger partial charge in [-0.25, -0.2) is 4.39 Å². The van der Waals surface area contributed by atoms with Crippen LogP contribution in [0, 0.1) is 5.82 Å². The van der Waals surface area contributed by atoms with Crippen molar-refractivity contribution in [2.45, 2.75) is 38.0 Å². The van der Waals surface area contributed by atoms with Gasteiger partial charge in [0.1, 0.15) is 5.82 Å². The summed E-state index contributed by atoms with van der Waals surface area (Å²) in [6.45, 7) is 0. The highest BCUT2D eigenvalue weighted by Gasteiger charge is 2.15. The lowest BCUT2D eigenvalue weighted by atomic mass is 9.84. The average Bonchev–Trinajstić information content (AvgIpc) is 2.61. The fourth-order valence-electron chi connectivity index (χ4n) is 3.23. The molecule has 0 heterocycles. The Morgan fingerprint density at radius 1 is 1.00 bits per heavy atom. The summed E-state index contributed by atoms with van der Waals surface area (Å²) >= 11 is 0. The van der Waals surface area contributed by atoms with Crippen LogP contribution in [0.2, 0.25) is 0 Å². The molecule has 0 amide bonds. The predicted molar refractivity (Wildman–Crippen MR) is 92.0 cm³/mol. The Kier molecular flexibility index (Phi) is 5.02. The molecule has 0 radical (unpaired) electrons. The molecule has 1 aliphatic rings. The highest BCUT2D eigenvalue weighted by Crippen LogP contribution is 2.32. The van der Waals surface area contributed by atoms with E-state index in [1.165, 1.54) is 55.9 Å². The van der Waals surface area contributed by atoms with Crippen LogP contribution in [0.1, 0.15) is 59.5 Å². The first-order valence-corrected chi connectivity index (χ1v) is 8.30. The van der Waals surface area contributed by atoms with E-state index in [2.05, 4.69) is 12.1 Å². The van der Waals surface area contributed by atoms with E-state index in [0.29, 0.717) is 17.0 Å². The number of ketones is 1. The maximum Gasteiger partial charge on any atom is 0.185 e. The number of hydrogen-bond acceptors (Lipinski definition) is 1. The van der Waals surface area contributed by atoms with Gasteiger partial charge in [0.2, 0.25) is 0 Å². The van der Waals surface area contributed by atoms with Crippen molar-refractivity contribution in [2.75, 3.05) is 0 Å². The summed E-state index contributed by atoms with van der Waals surface area (Å²) in [5.74, 6) is 0.302. The first kappa shape index (κ1) is 15.7. The van der Waals surface area contributed by atoms with Crippen LogP contribution in [-0.2, 0) is 0 Å². The lowest BCUT2D eigenvalue weighted by molar-refractivity contribution is 0.104. The standard InChI is InChI=1S/C21H21FO/c22-20-8-4-5-16(15-20)9-14-21(23)19-12-10-18(11-13-19)17-6-2-1-3-7-17/h4-5,8-15,17H,1-3,6-7H2/b14-9+. The van der Waals surface area contributed by atoms with E-state index in [0.717, 1.165) is 0 Å². The molecule has 0 aromatic heterocycles. The molecule has 0 N–H and O–H groups in total. The van der Waals surface area contributed by atoms with Crippen LogP contribution in [0.5, 0.6) is 0 Å². The quantitative estimate of drug-likeness (QED) is 0.517. The lowest BCUT2D eigenvalue weighted by Gasteiger charge is -2.21. The van der Waals surface area contributed by atoms with Crippen molar-refractivity contribution in [2.24, 2.45) is 0 Å². The van der Waals surface area contributed by atoms with Gasteiger partial charge in [0, 0.05) is 5.56 Å². The number of carbonyl (C=O) groups excluding carboxylic acids is 1. The predicted octanol–water partition coefficient (Wildman–Crippen LogP) is 5.77. The summed E-state index contributed by atoms with van der Waals surface area (Å²) in [6, 6.07) is 14.2. The zero-order valence-electron chi connectivity index (χ0n) is 13.2. The molecule has 23 heavy (non-hydrogen) atoms. The summed E-state index contributed by atoms with van der Waals surface area (Å²) < 4.78 is 13.1. The third-order valence-corrected chi connectivity index (χ3v) is 4.55. The van der Waals surface area contributed by atoms with Crippen LogP contribution in [0.4, 0.5) is 4.39 Å².